The third kappa shape index (κ3) is 3.81. The highest BCUT2D eigenvalue weighted by molar-refractivity contribution is 5.83. The molecule has 0 aliphatic carbocycles. The van der Waals surface area contributed by atoms with E-state index in [9.17, 15) is 14.4 Å². The Morgan fingerprint density at radius 2 is 1.93 bits per heavy atom. The second kappa shape index (κ2) is 8.16. The summed E-state index contributed by atoms with van der Waals surface area (Å²) in [6.07, 6.45) is 1.93. The van der Waals surface area contributed by atoms with Crippen LogP contribution >= 0.6 is 0 Å². The van der Waals surface area contributed by atoms with Crippen LogP contribution in [-0.2, 0) is 27.8 Å². The summed E-state index contributed by atoms with van der Waals surface area (Å²) < 4.78 is 6.74. The summed E-state index contributed by atoms with van der Waals surface area (Å²) >= 11 is 0. The maximum absolute atomic E-state index is 12.6. The molecule has 0 aromatic carbocycles. The minimum atomic E-state index is -0.170. The van der Waals surface area contributed by atoms with E-state index >= 15 is 0 Å². The number of fused-ring (bicyclic) bond motifs is 1. The van der Waals surface area contributed by atoms with Crippen LogP contribution in [0.25, 0.3) is 11.0 Å². The molecule has 1 aliphatic heterocycles. The molecule has 1 fully saturated rings. The molecule has 28 heavy (non-hydrogen) atoms. The molecule has 0 unspecified atom stereocenters. The molecule has 2 aromatic heterocycles. The predicted octanol–water partition coefficient (Wildman–Crippen LogP) is 1.61. The molecule has 8 heteroatoms. The minimum Gasteiger partial charge on any atom is -0.466 e. The smallest absolute Gasteiger partial charge is 0.309 e. The van der Waals surface area contributed by atoms with E-state index in [2.05, 4.69) is 10.1 Å². The highest BCUT2D eigenvalue weighted by Crippen LogP contribution is 2.22. The van der Waals surface area contributed by atoms with Gasteiger partial charge in [0.25, 0.3) is 5.56 Å². The number of aromatic nitrogens is 3. The number of carbonyl (C=O) groups is 2. The number of nitrogens with zero attached hydrogens (tertiary/aromatic N) is 3. The Morgan fingerprint density at radius 3 is 2.57 bits per heavy atom. The molecule has 0 atom stereocenters. The van der Waals surface area contributed by atoms with Gasteiger partial charge < -0.3 is 14.6 Å². The van der Waals surface area contributed by atoms with E-state index in [1.165, 1.54) is 0 Å². The molecule has 1 aliphatic rings. The topological polar surface area (TPSA) is 97.3 Å². The number of piperidine rings is 1. The van der Waals surface area contributed by atoms with Crippen LogP contribution in [0.4, 0.5) is 0 Å². The van der Waals surface area contributed by atoms with E-state index in [0.29, 0.717) is 50.2 Å². The number of aryl methyl sites for hydroxylation is 3. The molecule has 0 saturated carbocycles. The fourth-order valence-electron chi connectivity index (χ4n) is 4.07. The summed E-state index contributed by atoms with van der Waals surface area (Å²) in [4.78, 5) is 41.6. The Morgan fingerprint density at radius 1 is 1.25 bits per heavy atom. The number of pyridine rings is 1. The molecule has 3 rings (SSSR count). The molecule has 0 bridgehead atoms. The molecule has 152 valence electrons. The van der Waals surface area contributed by atoms with Crippen molar-refractivity contribution in [2.24, 2.45) is 13.0 Å². The van der Waals surface area contributed by atoms with Crippen LogP contribution in [0.5, 0.6) is 0 Å². The molecule has 3 heterocycles. The van der Waals surface area contributed by atoms with Gasteiger partial charge in [0.05, 0.1) is 18.2 Å². The van der Waals surface area contributed by atoms with E-state index in [-0.39, 0.29) is 29.8 Å². The Balaban J connectivity index is 1.65. The van der Waals surface area contributed by atoms with Crippen molar-refractivity contribution in [1.29, 1.82) is 0 Å². The van der Waals surface area contributed by atoms with Crippen LogP contribution in [-0.4, -0.2) is 51.2 Å². The molecule has 1 amide bonds. The van der Waals surface area contributed by atoms with Crippen molar-refractivity contribution in [3.8, 4) is 0 Å². The van der Waals surface area contributed by atoms with Gasteiger partial charge in [-0.25, -0.2) is 0 Å². The number of ether oxygens (including phenoxy) is 1. The van der Waals surface area contributed by atoms with Gasteiger partial charge >= 0.3 is 5.97 Å². The number of H-pyrrole nitrogens is 1. The van der Waals surface area contributed by atoms with Crippen molar-refractivity contribution >= 4 is 22.9 Å². The van der Waals surface area contributed by atoms with Gasteiger partial charge in [0.2, 0.25) is 5.91 Å². The monoisotopic (exact) mass is 388 g/mol. The Bertz CT molecular complexity index is 951. The van der Waals surface area contributed by atoms with E-state index in [1.54, 1.807) is 23.6 Å². The quantitative estimate of drug-likeness (QED) is 0.785. The van der Waals surface area contributed by atoms with Crippen molar-refractivity contribution in [2.75, 3.05) is 19.7 Å². The molecule has 1 N–H and O–H groups in total. The number of aromatic amines is 1. The fraction of sp³-hybridized carbons (Fsp3) is 0.600. The van der Waals surface area contributed by atoms with Gasteiger partial charge in [0.15, 0.2) is 0 Å². The van der Waals surface area contributed by atoms with Gasteiger partial charge in [0.1, 0.15) is 5.65 Å². The number of nitrogens with one attached hydrogen (secondary N) is 1. The van der Waals surface area contributed by atoms with E-state index in [4.69, 9.17) is 4.74 Å². The first-order valence-corrected chi connectivity index (χ1v) is 9.83. The SMILES string of the molecule is CCOC(=O)C1CCN(C(=O)CCc2c(C)c3c(C)nn(C)c3[nH]c2=O)CC1. The largest absolute Gasteiger partial charge is 0.466 e. The van der Waals surface area contributed by atoms with Crippen LogP contribution in [0.1, 0.15) is 43.0 Å². The number of carbonyl (C=O) groups excluding carboxylic acids is 2. The lowest BCUT2D eigenvalue weighted by Gasteiger charge is -2.31. The first-order valence-electron chi connectivity index (χ1n) is 9.83. The van der Waals surface area contributed by atoms with Crippen molar-refractivity contribution in [2.45, 2.75) is 46.5 Å². The first kappa shape index (κ1) is 20.1. The Labute approximate surface area is 163 Å². The lowest BCUT2D eigenvalue weighted by atomic mass is 9.96. The van der Waals surface area contributed by atoms with E-state index in [0.717, 1.165) is 16.6 Å². The van der Waals surface area contributed by atoms with Gasteiger partial charge in [-0.2, -0.15) is 5.10 Å². The minimum absolute atomic E-state index is 0.0177. The Hall–Kier alpha value is -2.64. The molecular weight excluding hydrogens is 360 g/mol. The van der Waals surface area contributed by atoms with E-state index in [1.807, 2.05) is 13.8 Å². The number of esters is 1. The zero-order valence-corrected chi connectivity index (χ0v) is 17.0. The van der Waals surface area contributed by atoms with Gasteiger partial charge in [0, 0.05) is 37.5 Å². The number of hydrogen-bond donors (Lipinski definition) is 1. The van der Waals surface area contributed by atoms with Crippen LogP contribution in [0.15, 0.2) is 4.79 Å². The van der Waals surface area contributed by atoms with Crippen molar-refractivity contribution in [3.63, 3.8) is 0 Å². The molecule has 2 aromatic rings. The summed E-state index contributed by atoms with van der Waals surface area (Å²) in [6.45, 7) is 7.11. The van der Waals surface area contributed by atoms with Crippen molar-refractivity contribution < 1.29 is 14.3 Å². The zero-order chi connectivity index (χ0) is 20.4. The third-order valence-electron chi connectivity index (χ3n) is 5.61. The summed E-state index contributed by atoms with van der Waals surface area (Å²) in [7, 11) is 1.80. The number of rotatable bonds is 5. The molecule has 1 saturated heterocycles. The fourth-order valence-corrected chi connectivity index (χ4v) is 4.07. The summed E-state index contributed by atoms with van der Waals surface area (Å²) in [6, 6.07) is 0. The number of likely N-dealkylation sites (tertiary alicyclic amines) is 1. The summed E-state index contributed by atoms with van der Waals surface area (Å²) in [5.74, 6) is -0.272. The van der Waals surface area contributed by atoms with E-state index < -0.39 is 0 Å². The van der Waals surface area contributed by atoms with Crippen LogP contribution in [0, 0.1) is 19.8 Å². The van der Waals surface area contributed by atoms with Gasteiger partial charge in [-0.3, -0.25) is 19.1 Å². The van der Waals surface area contributed by atoms with Crippen LogP contribution in [0.3, 0.4) is 0 Å². The average Bonchev–Trinajstić information content (AvgIpc) is 2.95. The Kier molecular flexibility index (Phi) is 5.86. The molecule has 0 spiro atoms. The van der Waals surface area contributed by atoms with Crippen LogP contribution < -0.4 is 5.56 Å². The maximum Gasteiger partial charge on any atom is 0.309 e. The lowest BCUT2D eigenvalue weighted by Crippen LogP contribution is -2.40. The van der Waals surface area contributed by atoms with Gasteiger partial charge in [-0.05, 0) is 45.6 Å². The van der Waals surface area contributed by atoms with Crippen LogP contribution in [0.2, 0.25) is 0 Å². The summed E-state index contributed by atoms with van der Waals surface area (Å²) in [5, 5.41) is 5.31. The molecular formula is C20H28N4O4. The standard InChI is InChI=1S/C20H28N4O4/c1-5-28-20(27)14-8-10-24(11-9-14)16(25)7-6-15-12(2)17-13(3)22-23(4)18(17)21-19(15)26/h14H,5-11H2,1-4H3,(H,21,26). The second-order valence-electron chi connectivity index (χ2n) is 7.40. The second-order valence-corrected chi connectivity index (χ2v) is 7.40. The predicted molar refractivity (Wildman–Crippen MR) is 105 cm³/mol. The van der Waals surface area contributed by atoms with Gasteiger partial charge in [-0.15, -0.1) is 0 Å². The van der Waals surface area contributed by atoms with Crippen molar-refractivity contribution in [3.05, 3.63) is 27.2 Å². The number of amides is 1. The highest BCUT2D eigenvalue weighted by atomic mass is 16.5. The normalized spacial score (nSPS) is 15.2. The highest BCUT2D eigenvalue weighted by Gasteiger charge is 2.28. The molecule has 0 radical (unpaired) electrons. The first-order chi connectivity index (χ1) is 13.3. The number of hydrogen-bond acceptors (Lipinski definition) is 5. The van der Waals surface area contributed by atoms with Gasteiger partial charge in [-0.1, -0.05) is 0 Å². The van der Waals surface area contributed by atoms with Crippen molar-refractivity contribution in [1.82, 2.24) is 19.7 Å². The summed E-state index contributed by atoms with van der Waals surface area (Å²) in [5.41, 5.74) is 2.93. The average molecular weight is 388 g/mol. The lowest BCUT2D eigenvalue weighted by molar-refractivity contribution is -0.151. The molecule has 8 nitrogen and oxygen atoms in total. The maximum atomic E-state index is 12.6. The third-order valence-corrected chi connectivity index (χ3v) is 5.61. The zero-order valence-electron chi connectivity index (χ0n) is 17.0.